The van der Waals surface area contributed by atoms with Crippen molar-refractivity contribution in [3.63, 3.8) is 0 Å². The lowest BCUT2D eigenvalue weighted by molar-refractivity contribution is -0.137. The summed E-state index contributed by atoms with van der Waals surface area (Å²) in [6, 6.07) is 10.9. The average molecular weight is 461 g/mol. The first-order chi connectivity index (χ1) is 15.6. The SMILES string of the molecule is COc1ccc(CCNC(=O)c2nn(-c3cccc(C(F)(F)F)c3)c(C)cc2=O)c(OC)c1. The molecule has 0 aliphatic rings. The van der Waals surface area contributed by atoms with Gasteiger partial charge in [-0.2, -0.15) is 18.3 Å². The molecule has 3 rings (SSSR count). The fourth-order valence-corrected chi connectivity index (χ4v) is 3.23. The molecule has 0 saturated heterocycles. The van der Waals surface area contributed by atoms with Crippen LogP contribution in [0.2, 0.25) is 0 Å². The summed E-state index contributed by atoms with van der Waals surface area (Å²) in [5.41, 5.74) is -0.718. The van der Waals surface area contributed by atoms with E-state index in [2.05, 4.69) is 10.4 Å². The number of nitrogens with one attached hydrogen (secondary N) is 1. The Morgan fingerprint density at radius 1 is 1.09 bits per heavy atom. The van der Waals surface area contributed by atoms with Crippen molar-refractivity contribution >= 4 is 5.91 Å². The number of aryl methyl sites for hydroxylation is 1. The van der Waals surface area contributed by atoms with Gasteiger partial charge < -0.3 is 14.8 Å². The Labute approximate surface area is 187 Å². The van der Waals surface area contributed by atoms with Gasteiger partial charge in [0, 0.05) is 24.4 Å². The molecule has 0 aliphatic heterocycles. The van der Waals surface area contributed by atoms with Gasteiger partial charge in [-0.1, -0.05) is 12.1 Å². The molecule has 0 radical (unpaired) electrons. The summed E-state index contributed by atoms with van der Waals surface area (Å²) in [6.45, 7) is 1.70. The maximum atomic E-state index is 13.1. The lowest BCUT2D eigenvalue weighted by Gasteiger charge is -2.14. The van der Waals surface area contributed by atoms with Crippen LogP contribution < -0.4 is 20.2 Å². The third-order valence-corrected chi connectivity index (χ3v) is 4.91. The lowest BCUT2D eigenvalue weighted by Crippen LogP contribution is -2.33. The summed E-state index contributed by atoms with van der Waals surface area (Å²) in [7, 11) is 3.05. The molecule has 10 heteroatoms. The number of carbonyl (C=O) groups is 1. The first kappa shape index (κ1) is 23.8. The van der Waals surface area contributed by atoms with Crippen molar-refractivity contribution in [2.75, 3.05) is 20.8 Å². The van der Waals surface area contributed by atoms with Crippen LogP contribution in [0, 0.1) is 6.92 Å². The van der Waals surface area contributed by atoms with Gasteiger partial charge in [0.15, 0.2) is 5.69 Å². The number of amides is 1. The summed E-state index contributed by atoms with van der Waals surface area (Å²) in [6.07, 6.45) is -4.13. The van der Waals surface area contributed by atoms with Crippen LogP contribution in [0.25, 0.3) is 5.69 Å². The molecule has 174 valence electrons. The second kappa shape index (κ2) is 9.76. The number of aromatic nitrogens is 2. The number of methoxy groups -OCH3 is 2. The molecular weight excluding hydrogens is 439 g/mol. The molecule has 0 fully saturated rings. The minimum absolute atomic E-state index is 0.0827. The molecule has 33 heavy (non-hydrogen) atoms. The van der Waals surface area contributed by atoms with E-state index in [4.69, 9.17) is 9.47 Å². The molecule has 3 aromatic rings. The number of nitrogens with zero attached hydrogens (tertiary/aromatic N) is 2. The highest BCUT2D eigenvalue weighted by molar-refractivity contribution is 5.92. The molecule has 0 unspecified atom stereocenters. The highest BCUT2D eigenvalue weighted by atomic mass is 19.4. The number of benzene rings is 2. The largest absolute Gasteiger partial charge is 0.497 e. The Morgan fingerprint density at radius 2 is 1.85 bits per heavy atom. The van der Waals surface area contributed by atoms with Gasteiger partial charge in [0.2, 0.25) is 5.43 Å². The van der Waals surface area contributed by atoms with Gasteiger partial charge in [-0.15, -0.1) is 0 Å². The Kier molecular flexibility index (Phi) is 7.05. The Morgan fingerprint density at radius 3 is 2.52 bits per heavy atom. The van der Waals surface area contributed by atoms with Crippen LogP contribution >= 0.6 is 0 Å². The van der Waals surface area contributed by atoms with Gasteiger partial charge in [-0.3, -0.25) is 9.59 Å². The van der Waals surface area contributed by atoms with Crippen LogP contribution in [-0.2, 0) is 12.6 Å². The highest BCUT2D eigenvalue weighted by Crippen LogP contribution is 2.30. The normalized spacial score (nSPS) is 11.2. The molecule has 0 spiro atoms. The van der Waals surface area contributed by atoms with Gasteiger partial charge >= 0.3 is 6.18 Å². The predicted molar refractivity (Wildman–Crippen MR) is 115 cm³/mol. The number of hydrogen-bond donors (Lipinski definition) is 1. The number of alkyl halides is 3. The van der Waals surface area contributed by atoms with Gasteiger partial charge in [0.05, 0.1) is 25.5 Å². The Balaban J connectivity index is 1.80. The zero-order valence-electron chi connectivity index (χ0n) is 18.2. The topological polar surface area (TPSA) is 82.5 Å². The zero-order valence-corrected chi connectivity index (χ0v) is 18.2. The van der Waals surface area contributed by atoms with Crippen molar-refractivity contribution < 1.29 is 27.4 Å². The maximum Gasteiger partial charge on any atom is 0.416 e. The minimum Gasteiger partial charge on any atom is -0.497 e. The molecule has 7 nitrogen and oxygen atoms in total. The van der Waals surface area contributed by atoms with Crippen molar-refractivity contribution in [3.05, 3.63) is 81.3 Å². The van der Waals surface area contributed by atoms with Crippen LogP contribution in [-0.4, -0.2) is 36.5 Å². The fraction of sp³-hybridized carbons (Fsp3) is 0.261. The lowest BCUT2D eigenvalue weighted by atomic mass is 10.1. The van der Waals surface area contributed by atoms with Crippen molar-refractivity contribution in [1.82, 2.24) is 15.1 Å². The second-order valence-electron chi connectivity index (χ2n) is 7.14. The third kappa shape index (κ3) is 5.51. The molecule has 0 aliphatic carbocycles. The van der Waals surface area contributed by atoms with Crippen molar-refractivity contribution in [2.45, 2.75) is 19.5 Å². The summed E-state index contributed by atoms with van der Waals surface area (Å²) < 4.78 is 50.8. The highest BCUT2D eigenvalue weighted by Gasteiger charge is 2.30. The smallest absolute Gasteiger partial charge is 0.416 e. The van der Waals surface area contributed by atoms with Crippen LogP contribution in [0.3, 0.4) is 0 Å². The van der Waals surface area contributed by atoms with E-state index in [0.29, 0.717) is 23.6 Å². The fourth-order valence-electron chi connectivity index (χ4n) is 3.23. The number of ether oxygens (including phenoxy) is 2. The van der Waals surface area contributed by atoms with Crippen LogP contribution in [0.4, 0.5) is 13.2 Å². The molecule has 0 bridgehead atoms. The summed E-state index contributed by atoms with van der Waals surface area (Å²) >= 11 is 0. The van der Waals surface area contributed by atoms with E-state index in [1.807, 2.05) is 0 Å². The Hall–Kier alpha value is -3.82. The summed E-state index contributed by atoms with van der Waals surface area (Å²) in [4.78, 5) is 25.0. The van der Waals surface area contributed by atoms with Gasteiger partial charge in [0.1, 0.15) is 11.5 Å². The van der Waals surface area contributed by atoms with Gasteiger partial charge in [0.25, 0.3) is 5.91 Å². The summed E-state index contributed by atoms with van der Waals surface area (Å²) in [5, 5.41) is 6.65. The van der Waals surface area contributed by atoms with E-state index in [1.54, 1.807) is 18.2 Å². The molecule has 0 atom stereocenters. The van der Waals surface area contributed by atoms with E-state index >= 15 is 0 Å². The average Bonchev–Trinajstić information content (AvgIpc) is 2.78. The molecular formula is C23H22F3N3O4. The first-order valence-corrected chi connectivity index (χ1v) is 9.91. The zero-order chi connectivity index (χ0) is 24.2. The van der Waals surface area contributed by atoms with Crippen molar-refractivity contribution in [1.29, 1.82) is 0 Å². The van der Waals surface area contributed by atoms with Gasteiger partial charge in [-0.25, -0.2) is 4.68 Å². The summed E-state index contributed by atoms with van der Waals surface area (Å²) in [5.74, 6) is 0.482. The van der Waals surface area contributed by atoms with Crippen LogP contribution in [0.1, 0.15) is 27.3 Å². The molecule has 1 heterocycles. The maximum absolute atomic E-state index is 13.1. The monoisotopic (exact) mass is 461 g/mol. The number of halogens is 3. The number of carbonyl (C=O) groups excluding carboxylic acids is 1. The standard InChI is InChI=1S/C23H22F3N3O4/c1-14-11-19(30)21(28-29(14)17-6-4-5-16(12-17)23(24,25)26)22(31)27-10-9-15-7-8-18(32-2)13-20(15)33-3/h4-8,11-13H,9-10H2,1-3H3,(H,27,31). The van der Waals surface area contributed by atoms with Crippen LogP contribution in [0.5, 0.6) is 11.5 Å². The van der Waals surface area contributed by atoms with E-state index < -0.39 is 28.8 Å². The van der Waals surface area contributed by atoms with Gasteiger partial charge in [-0.05, 0) is 43.2 Å². The molecule has 1 N–H and O–H groups in total. The molecule has 1 amide bonds. The Bertz CT molecular complexity index is 1220. The minimum atomic E-state index is -4.54. The number of rotatable bonds is 7. The van der Waals surface area contributed by atoms with Crippen molar-refractivity contribution in [3.8, 4) is 17.2 Å². The van der Waals surface area contributed by atoms with E-state index in [9.17, 15) is 22.8 Å². The quantitative estimate of drug-likeness (QED) is 0.582. The first-order valence-electron chi connectivity index (χ1n) is 9.91. The van der Waals surface area contributed by atoms with E-state index in [0.717, 1.165) is 28.4 Å². The molecule has 2 aromatic carbocycles. The molecule has 1 aromatic heterocycles. The predicted octanol–water partition coefficient (Wildman–Crippen LogP) is 3.55. The van der Waals surface area contributed by atoms with E-state index in [-0.39, 0.29) is 12.2 Å². The molecule has 0 saturated carbocycles. The number of hydrogen-bond acceptors (Lipinski definition) is 5. The van der Waals surface area contributed by atoms with E-state index in [1.165, 1.54) is 33.3 Å². The second-order valence-corrected chi connectivity index (χ2v) is 7.14. The third-order valence-electron chi connectivity index (χ3n) is 4.91. The van der Waals surface area contributed by atoms with Crippen LogP contribution in [0.15, 0.2) is 53.3 Å². The van der Waals surface area contributed by atoms with Crippen molar-refractivity contribution in [2.24, 2.45) is 0 Å².